The minimum atomic E-state index is -1.61. The Balaban J connectivity index is 1.24. The van der Waals surface area contributed by atoms with Crippen LogP contribution in [-0.2, 0) is 84.8 Å². The topological polar surface area (TPSA) is 566 Å². The molecule has 0 radical (unpaired) electrons. The lowest BCUT2D eigenvalue weighted by Gasteiger charge is -2.30. The van der Waals surface area contributed by atoms with Gasteiger partial charge in [0.25, 0.3) is 0 Å². The fraction of sp³-hybridized carbons (Fsp3) is 0.769. The van der Waals surface area contributed by atoms with Gasteiger partial charge in [-0.25, -0.2) is 4.79 Å². The van der Waals surface area contributed by atoms with Crippen LogP contribution in [0.1, 0.15) is 360 Å². The minimum absolute atomic E-state index is 0.000679. The molecule has 2 aromatic heterocycles. The lowest BCUT2D eigenvalue weighted by Crippen LogP contribution is -2.59. The standard InChI is InChI=1S/C104H179N19O17S2/c1-6-9-12-14-16-18-20-22-24-26-28-30-32-49-91(129)139-70-79(140-92(130)50-33-31-29-27-25-23-21-19-17-15-13-10-7-2)71-141-72-80(108)97(132)118-86(69-124)101(136)117-85(48-36-41-61-107)100(135)116-84(47-35-40-60-106)99(134)115-83(46-34-39-59-105)98(133)114-82(87(126)65-75-51-53-76(54-52-75)68-123-95-93(119-104(123)138)94(109)120-103(121-95)113-62-11-8-3)45-38-43-64-112-96(131)78-57-55-77(56-58-78)67-122-90(128)66-88(102(122)137)142-73-89(127)111-63-42-37-44-81(110-5)74(4)125/h51-54,77-86,88,110,124H,6-50,55-73,105-108H2,1-5H3,(H,111,127)(H,112,131)(H,114,133)(H,115,134)(H,116,135)(H,117,136)(H,118,132)(H,119,138)(H3,109,113,120,121). The summed E-state index contributed by atoms with van der Waals surface area (Å²) in [6.45, 7) is 9.28. The lowest BCUT2D eigenvalue weighted by atomic mass is 9.81. The van der Waals surface area contributed by atoms with E-state index in [1.807, 2.05) is 0 Å². The first-order chi connectivity index (χ1) is 68.7. The van der Waals surface area contributed by atoms with E-state index in [1.165, 1.54) is 144 Å². The summed E-state index contributed by atoms with van der Waals surface area (Å²) in [4.78, 5) is 205. The SMILES string of the molecule is CCCCCCCCCCCCCCCC(=O)OCC(CSCC(N)C(=O)NC(CO)C(=O)NC(CCCCN)C(=O)NC(CCCCN)C(=O)NC(CCCCN)C(=O)NC(CCCCNC(=O)C1CCC(CN2C(=O)CC(SCC(=O)NCCCCC(NC)C(C)=O)C2=O)CC1)C(=O)Cc1ccc(Cn2c(=O)[nH]c3c(N)nc(NCCCC)nc32)cc1)OC(=O)CCCCCCCCCCCCCCC. The van der Waals surface area contributed by atoms with Crippen LogP contribution >= 0.6 is 23.5 Å². The van der Waals surface area contributed by atoms with Crippen molar-refractivity contribution in [3.05, 3.63) is 45.9 Å². The Hall–Kier alpha value is -8.66. The van der Waals surface area contributed by atoms with Gasteiger partial charge in [-0.05, 0) is 192 Å². The van der Waals surface area contributed by atoms with Gasteiger partial charge in [0.05, 0.1) is 42.3 Å². The molecule has 3 heterocycles. The number of likely N-dealkylation sites (tertiary alicyclic amines) is 1. The first kappa shape index (κ1) is 124. The van der Waals surface area contributed by atoms with Gasteiger partial charge in [-0.3, -0.25) is 71.8 Å². The molecule has 3 aromatic rings. The van der Waals surface area contributed by atoms with Crippen LogP contribution in [-0.4, -0.2) is 243 Å². The Morgan fingerprint density at radius 1 is 0.521 bits per heavy atom. The number of fused-ring (bicyclic) bond motifs is 1. The number of nitrogen functional groups attached to an aromatic ring is 1. The number of anilines is 2. The molecule has 0 bridgehead atoms. The van der Waals surface area contributed by atoms with E-state index in [0.29, 0.717) is 133 Å². The van der Waals surface area contributed by atoms with Gasteiger partial charge in [0.15, 0.2) is 17.2 Å². The van der Waals surface area contributed by atoms with Crippen LogP contribution in [0.25, 0.3) is 11.2 Å². The molecule has 1 aromatic carbocycles. The number of ketones is 2. The van der Waals surface area contributed by atoms with Crippen molar-refractivity contribution in [3.8, 4) is 0 Å². The predicted octanol–water partition coefficient (Wildman–Crippen LogP) is 10.8. The maximum Gasteiger partial charge on any atom is 0.328 e. The summed E-state index contributed by atoms with van der Waals surface area (Å²) in [6, 6.07) is -1.10. The van der Waals surface area contributed by atoms with E-state index < -0.39 is 101 Å². The first-order valence-electron chi connectivity index (χ1n) is 53.9. The number of Topliss-reactive ketones (excluding diaryl/α,β-unsaturated/α-hetero) is 2. The number of rotatable bonds is 85. The van der Waals surface area contributed by atoms with Crippen LogP contribution < -0.4 is 82.2 Å². The molecule has 5 rings (SSSR count). The first-order valence-corrected chi connectivity index (χ1v) is 56.1. The Kier molecular flexibility index (Phi) is 65.5. The molecule has 1 aliphatic heterocycles. The highest BCUT2D eigenvalue weighted by Crippen LogP contribution is 2.34. The van der Waals surface area contributed by atoms with E-state index in [1.54, 1.807) is 31.3 Å². The Morgan fingerprint density at radius 2 is 0.979 bits per heavy atom. The third-order valence-corrected chi connectivity index (χ3v) is 29.1. The highest BCUT2D eigenvalue weighted by Gasteiger charge is 2.42. The van der Waals surface area contributed by atoms with E-state index >= 15 is 4.79 Å². The highest BCUT2D eigenvalue weighted by atomic mass is 32.2. The van der Waals surface area contributed by atoms with Crippen molar-refractivity contribution in [2.75, 3.05) is 94.4 Å². The Labute approximate surface area is 852 Å². The van der Waals surface area contributed by atoms with Crippen LogP contribution in [0, 0.1) is 11.8 Å². The molecule has 9 unspecified atom stereocenters. The number of nitrogens with one attached hydrogen (secondary N) is 10. The smallest absolute Gasteiger partial charge is 0.328 e. The van der Waals surface area contributed by atoms with Crippen molar-refractivity contribution in [1.29, 1.82) is 0 Å². The van der Waals surface area contributed by atoms with Crippen molar-refractivity contribution >= 4 is 123 Å². The number of carbonyl (C=O) groups is 13. The monoisotopic (exact) mass is 2030 g/mol. The number of amides is 9. The van der Waals surface area contributed by atoms with Gasteiger partial charge in [-0.2, -0.15) is 21.7 Å². The quantitative estimate of drug-likeness (QED) is 0.0142. The van der Waals surface area contributed by atoms with Crippen LogP contribution in [0.4, 0.5) is 11.8 Å². The van der Waals surface area contributed by atoms with Gasteiger partial charge in [0, 0.05) is 69.3 Å². The summed E-state index contributed by atoms with van der Waals surface area (Å²) in [5, 5.41) is 35.9. The van der Waals surface area contributed by atoms with Gasteiger partial charge in [-0.1, -0.05) is 206 Å². The number of benzene rings is 1. The summed E-state index contributed by atoms with van der Waals surface area (Å²) in [5.41, 5.74) is 32.0. The number of ether oxygens (including phenoxy) is 2. The third kappa shape index (κ3) is 50.9. The van der Waals surface area contributed by atoms with Crippen LogP contribution in [0.3, 0.4) is 0 Å². The minimum Gasteiger partial charge on any atom is -0.462 e. The maximum atomic E-state index is 15.0. The number of imidazole rings is 1. The Morgan fingerprint density at radius 3 is 1.48 bits per heavy atom. The van der Waals surface area contributed by atoms with E-state index in [9.17, 15) is 67.4 Å². The average Bonchev–Trinajstić information content (AvgIpc) is 1.44. The summed E-state index contributed by atoms with van der Waals surface area (Å²) in [5.74, 6) is -5.99. The number of aromatic amines is 1. The molecule has 1 saturated heterocycles. The number of thioether (sulfide) groups is 2. The summed E-state index contributed by atoms with van der Waals surface area (Å²) in [7, 11) is 1.74. The molecule has 1 aliphatic carbocycles. The summed E-state index contributed by atoms with van der Waals surface area (Å²) in [6.07, 6.45) is 39.0. The number of nitrogens with zero attached hydrogens (tertiary/aromatic N) is 4. The number of aromatic nitrogens is 4. The number of aliphatic hydroxyl groups excluding tert-OH is 1. The number of carbonyl (C=O) groups excluding carboxylic acids is 13. The van der Waals surface area contributed by atoms with Gasteiger partial charge < -0.3 is 96.1 Å². The van der Waals surface area contributed by atoms with Gasteiger partial charge in [0.2, 0.25) is 59.1 Å². The predicted molar refractivity (Wildman–Crippen MR) is 563 cm³/mol. The number of hydrogen-bond donors (Lipinski definition) is 16. The van der Waals surface area contributed by atoms with Crippen LogP contribution in [0.5, 0.6) is 0 Å². The second-order valence-corrected chi connectivity index (χ2v) is 41.1. The van der Waals surface area contributed by atoms with E-state index in [0.717, 1.165) is 69.5 Å². The Bertz CT molecular complexity index is 4230. The van der Waals surface area contributed by atoms with E-state index in [4.69, 9.17) is 38.1 Å². The van der Waals surface area contributed by atoms with Crippen molar-refractivity contribution in [2.24, 2.45) is 34.8 Å². The lowest BCUT2D eigenvalue weighted by molar-refractivity contribution is -0.157. The number of nitrogens with two attached hydrogens (primary N) is 5. The zero-order chi connectivity index (χ0) is 103. The van der Waals surface area contributed by atoms with Gasteiger partial charge >= 0.3 is 17.6 Å². The number of H-pyrrole nitrogens is 1. The van der Waals surface area contributed by atoms with Crippen molar-refractivity contribution in [3.63, 3.8) is 0 Å². The van der Waals surface area contributed by atoms with Crippen LogP contribution in [0.2, 0.25) is 0 Å². The van der Waals surface area contributed by atoms with Crippen molar-refractivity contribution < 1.29 is 76.9 Å². The molecule has 2 aliphatic rings. The fourth-order valence-electron chi connectivity index (χ4n) is 17.8. The van der Waals surface area contributed by atoms with Gasteiger partial charge in [0.1, 0.15) is 48.2 Å². The molecule has 2 fully saturated rings. The number of unbranched alkanes of at least 4 members (excludes halogenated alkanes) is 30. The number of likely N-dealkylation sites (N-methyl/N-ethyl adjacent to an activating group) is 1. The third-order valence-electron chi connectivity index (χ3n) is 26.7. The highest BCUT2D eigenvalue weighted by molar-refractivity contribution is 8.01. The molecular weight excluding hydrogens is 1850 g/mol. The number of imide groups is 1. The molecular formula is C104H179N19O17S2. The molecule has 9 atom stereocenters. The number of aliphatic hydroxyl groups is 1. The molecule has 142 heavy (non-hydrogen) atoms. The summed E-state index contributed by atoms with van der Waals surface area (Å²) < 4.78 is 13.1. The molecule has 0 spiro atoms. The van der Waals surface area contributed by atoms with Crippen molar-refractivity contribution in [2.45, 2.75) is 415 Å². The maximum absolute atomic E-state index is 15.0. The zero-order valence-corrected chi connectivity index (χ0v) is 88.0. The number of esters is 2. The fourth-order valence-corrected chi connectivity index (χ4v) is 19.8. The largest absolute Gasteiger partial charge is 0.462 e. The molecule has 36 nitrogen and oxygen atoms in total. The molecule has 21 N–H and O–H groups in total. The van der Waals surface area contributed by atoms with Gasteiger partial charge in [-0.15, -0.1) is 11.8 Å². The van der Waals surface area contributed by atoms with E-state index in [2.05, 4.69) is 83.6 Å². The zero-order valence-electron chi connectivity index (χ0n) is 86.4. The average molecular weight is 2030 g/mol. The van der Waals surface area contributed by atoms with Crippen LogP contribution in [0.15, 0.2) is 29.1 Å². The van der Waals surface area contributed by atoms with E-state index in [-0.39, 0.29) is 185 Å². The second-order valence-electron chi connectivity index (χ2n) is 38.8. The second kappa shape index (κ2) is 75.1. The summed E-state index contributed by atoms with van der Waals surface area (Å²) >= 11 is 2.33. The molecule has 38 heteroatoms. The van der Waals surface area contributed by atoms with Crippen molar-refractivity contribution in [1.82, 2.24) is 67.0 Å². The molecule has 9 amide bonds. The number of hydrogen-bond acceptors (Lipinski definition) is 28. The molecule has 804 valence electrons. The molecule has 1 saturated carbocycles. The normalized spacial score (nSPS) is 16.0.